The molecule has 0 saturated carbocycles. The molecule has 0 amide bonds. The average Bonchev–Trinajstić information content (AvgIpc) is 2.68. The first-order chi connectivity index (χ1) is 13.7. The Hall–Kier alpha value is 0.620. The van der Waals surface area contributed by atoms with Crippen molar-refractivity contribution in [3.05, 3.63) is 0 Å². The van der Waals surface area contributed by atoms with Gasteiger partial charge < -0.3 is 23.7 Å². The van der Waals surface area contributed by atoms with Crippen molar-refractivity contribution in [1.29, 1.82) is 0 Å². The van der Waals surface area contributed by atoms with Crippen molar-refractivity contribution in [2.75, 3.05) is 33.5 Å². The quantitative estimate of drug-likeness (QED) is 0.198. The zero-order valence-electron chi connectivity index (χ0n) is 20.5. The summed E-state index contributed by atoms with van der Waals surface area (Å²) in [5.74, 6) is 0.451. The lowest BCUT2D eigenvalue weighted by molar-refractivity contribution is -0.172. The van der Waals surface area contributed by atoms with Crippen LogP contribution in [0.15, 0.2) is 0 Å². The van der Waals surface area contributed by atoms with E-state index in [-0.39, 0.29) is 17.8 Å². The van der Waals surface area contributed by atoms with Crippen molar-refractivity contribution < 1.29 is 23.7 Å². The largest absolute Gasteiger partial charge is 0.367 e. The fourth-order valence-corrected chi connectivity index (χ4v) is 7.57. The van der Waals surface area contributed by atoms with Crippen molar-refractivity contribution in [2.24, 2.45) is 0 Å². The van der Waals surface area contributed by atoms with Gasteiger partial charge in [-0.2, -0.15) is 0 Å². The van der Waals surface area contributed by atoms with E-state index in [9.17, 15) is 0 Å². The van der Waals surface area contributed by atoms with E-state index in [2.05, 4.69) is 39.5 Å². The Morgan fingerprint density at radius 1 is 0.655 bits per heavy atom. The summed E-state index contributed by atoms with van der Waals surface area (Å²) in [5, 5.41) is 0. The van der Waals surface area contributed by atoms with Crippen LogP contribution >= 0.6 is 17.2 Å². The number of hydrogen-bond acceptors (Lipinski definition) is 6. The second-order valence-electron chi connectivity index (χ2n) is 6.87. The van der Waals surface area contributed by atoms with Gasteiger partial charge >= 0.3 is 0 Å². The van der Waals surface area contributed by atoms with Crippen LogP contribution < -0.4 is 0 Å². The molecule has 0 aliphatic rings. The van der Waals surface area contributed by atoms with Gasteiger partial charge in [-0.05, 0) is 65.6 Å². The highest BCUT2D eigenvalue weighted by molar-refractivity contribution is 7.41. The molecule has 0 aliphatic heterocycles. The fourth-order valence-electron chi connectivity index (χ4n) is 3.67. The zero-order chi connectivity index (χ0) is 22.5. The first-order valence-corrected chi connectivity index (χ1v) is 13.3. The molecule has 0 saturated heterocycles. The van der Waals surface area contributed by atoms with Crippen LogP contribution in [0.5, 0.6) is 0 Å². The van der Waals surface area contributed by atoms with Crippen molar-refractivity contribution in [2.45, 2.75) is 104 Å². The van der Waals surface area contributed by atoms with Crippen molar-refractivity contribution in [3.63, 3.8) is 0 Å². The lowest BCUT2D eigenvalue weighted by Crippen LogP contribution is -2.47. The maximum absolute atomic E-state index is 6.11. The highest BCUT2D eigenvalue weighted by Crippen LogP contribution is 2.48. The van der Waals surface area contributed by atoms with E-state index in [1.807, 2.05) is 27.7 Å². The second-order valence-corrected chi connectivity index (χ2v) is 10.6. The summed E-state index contributed by atoms with van der Waals surface area (Å²) >= 11 is 0. The summed E-state index contributed by atoms with van der Waals surface area (Å²) in [7, 11) is 2.69. The molecule has 6 nitrogen and oxygen atoms in total. The highest BCUT2D eigenvalue weighted by Gasteiger charge is 2.39. The number of hydrogen-bond donors (Lipinski definition) is 0. The molecule has 5 unspecified atom stereocenters. The van der Waals surface area contributed by atoms with Gasteiger partial charge in [0.15, 0.2) is 11.1 Å². The van der Waals surface area contributed by atoms with Gasteiger partial charge in [0, 0.05) is 57.9 Å². The minimum Gasteiger partial charge on any atom is -0.367 e. The van der Waals surface area contributed by atoms with Crippen LogP contribution in [0.3, 0.4) is 0 Å². The summed E-state index contributed by atoms with van der Waals surface area (Å²) in [6.45, 7) is 21.5. The van der Waals surface area contributed by atoms with Gasteiger partial charge in [0.05, 0.1) is 0 Å². The van der Waals surface area contributed by atoms with E-state index in [4.69, 9.17) is 23.7 Å². The summed E-state index contributed by atoms with van der Waals surface area (Å²) in [6.07, 6.45) is 1.61. The van der Waals surface area contributed by atoms with Crippen molar-refractivity contribution in [1.82, 2.24) is 4.90 Å². The third-order valence-corrected chi connectivity index (χ3v) is 8.55. The molecule has 176 valence electrons. The Bertz CT molecular complexity index is 373. The smallest absolute Gasteiger partial charge is 0.184 e. The summed E-state index contributed by atoms with van der Waals surface area (Å²) < 4.78 is 30.2. The van der Waals surface area contributed by atoms with Crippen LogP contribution in [-0.2, 0) is 23.7 Å². The van der Waals surface area contributed by atoms with Crippen LogP contribution in [0, 0.1) is 0 Å². The van der Waals surface area contributed by atoms with Gasteiger partial charge in [-0.15, -0.1) is 0 Å². The molecule has 0 aromatic rings. The predicted molar refractivity (Wildman–Crippen MR) is 126 cm³/mol. The third kappa shape index (κ3) is 9.33. The lowest BCUT2D eigenvalue weighted by atomic mass is 10.4. The van der Waals surface area contributed by atoms with Crippen LogP contribution in [0.4, 0.5) is 0 Å². The molecule has 0 aromatic heterocycles. The SMILES string of the molecule is CCOC(CC)(OCC)PC(C)N(C(C)OC)C(C)PC(CC)(OCC)OCC. The summed E-state index contributed by atoms with van der Waals surface area (Å²) in [6, 6.07) is 0. The normalized spacial score (nSPS) is 17.1. The molecule has 29 heavy (non-hydrogen) atoms. The lowest BCUT2D eigenvalue weighted by Gasteiger charge is -2.45. The summed E-state index contributed by atoms with van der Waals surface area (Å²) in [5.41, 5.74) is -1.09. The Balaban J connectivity index is 5.65. The fraction of sp³-hybridized carbons (Fsp3) is 1.00. The molecule has 0 spiro atoms. The minimum atomic E-state index is -0.543. The monoisotopic (exact) mass is 455 g/mol. The third-order valence-electron chi connectivity index (χ3n) is 4.95. The molecule has 0 bridgehead atoms. The molecule has 5 atom stereocenters. The highest BCUT2D eigenvalue weighted by atomic mass is 31.1. The number of nitrogens with zero attached hydrogens (tertiary/aromatic N) is 1. The van der Waals surface area contributed by atoms with Crippen LogP contribution in [0.1, 0.15) is 75.2 Å². The van der Waals surface area contributed by atoms with Crippen LogP contribution in [-0.4, -0.2) is 67.3 Å². The van der Waals surface area contributed by atoms with E-state index >= 15 is 0 Å². The van der Waals surface area contributed by atoms with Crippen molar-refractivity contribution in [3.8, 4) is 0 Å². The second kappa shape index (κ2) is 15.4. The number of methoxy groups -OCH3 is 1. The molecule has 0 aromatic carbocycles. The average molecular weight is 456 g/mol. The molecular weight excluding hydrogens is 408 g/mol. The van der Waals surface area contributed by atoms with E-state index in [0.29, 0.717) is 43.6 Å². The van der Waals surface area contributed by atoms with Crippen LogP contribution in [0.2, 0.25) is 0 Å². The van der Waals surface area contributed by atoms with Gasteiger partial charge in [-0.3, -0.25) is 4.90 Å². The Kier molecular flexibility index (Phi) is 15.8. The van der Waals surface area contributed by atoms with Gasteiger partial charge in [0.25, 0.3) is 0 Å². The first kappa shape index (κ1) is 29.6. The van der Waals surface area contributed by atoms with E-state index in [1.54, 1.807) is 7.11 Å². The predicted octanol–water partition coefficient (Wildman–Crippen LogP) is 5.60. The number of ether oxygens (including phenoxy) is 5. The molecule has 8 heteroatoms. The van der Waals surface area contributed by atoms with E-state index in [0.717, 1.165) is 12.8 Å². The molecule has 0 rings (SSSR count). The molecular formula is C21H47NO5P2. The van der Waals surface area contributed by atoms with Gasteiger partial charge in [0.2, 0.25) is 0 Å². The first-order valence-electron chi connectivity index (χ1n) is 11.1. The molecule has 0 N–H and O–H groups in total. The molecule has 0 aliphatic carbocycles. The summed E-state index contributed by atoms with van der Waals surface area (Å²) in [4.78, 5) is 2.42. The maximum atomic E-state index is 6.11. The van der Waals surface area contributed by atoms with Crippen molar-refractivity contribution >= 4 is 17.2 Å². The van der Waals surface area contributed by atoms with E-state index in [1.165, 1.54) is 0 Å². The Labute approximate surface area is 183 Å². The Morgan fingerprint density at radius 3 is 1.17 bits per heavy atom. The topological polar surface area (TPSA) is 49.4 Å². The van der Waals surface area contributed by atoms with Gasteiger partial charge in [-0.1, -0.05) is 13.8 Å². The molecule has 0 radical (unpaired) electrons. The van der Waals surface area contributed by atoms with Gasteiger partial charge in [0.1, 0.15) is 6.23 Å². The standard InChI is InChI=1S/C21H47NO5P2/c1-11-20(24-13-3,25-14-4)28-18(8)22(17(7)23-10)19(9)29-21(12-2,26-15-5)27-16-6/h17-19,28-29H,11-16H2,1-10H3. The number of rotatable bonds is 18. The maximum Gasteiger partial charge on any atom is 0.184 e. The Morgan fingerprint density at radius 2 is 0.966 bits per heavy atom. The van der Waals surface area contributed by atoms with Gasteiger partial charge in [-0.25, -0.2) is 0 Å². The van der Waals surface area contributed by atoms with Crippen LogP contribution in [0.25, 0.3) is 0 Å². The minimum absolute atomic E-state index is 0.0318. The zero-order valence-corrected chi connectivity index (χ0v) is 22.5. The molecule has 0 heterocycles. The van der Waals surface area contributed by atoms with E-state index < -0.39 is 11.1 Å². The molecule has 0 fully saturated rings.